The number of hydrogen-bond donors (Lipinski definition) is 2. The molecule has 4 heterocycles. The normalized spacial score (nSPS) is 19.6. The average Bonchev–Trinajstić information content (AvgIpc) is 3.33. The van der Waals surface area contributed by atoms with Crippen LogP contribution in [0.25, 0.3) is 10.4 Å². The van der Waals surface area contributed by atoms with E-state index in [4.69, 9.17) is 4.98 Å². The molecule has 1 atom stereocenters. The number of aromatic nitrogens is 2. The highest BCUT2D eigenvalue weighted by Crippen LogP contribution is 2.32. The third-order valence-electron chi connectivity index (χ3n) is 6.40. The summed E-state index contributed by atoms with van der Waals surface area (Å²) in [6.07, 6.45) is 7.12. The number of amides is 1. The van der Waals surface area contributed by atoms with Crippen LogP contribution in [-0.2, 0) is 4.79 Å². The molecule has 0 bridgehead atoms. The summed E-state index contributed by atoms with van der Waals surface area (Å²) in [6.45, 7) is 2.59. The van der Waals surface area contributed by atoms with Crippen LogP contribution in [0.1, 0.15) is 43.7 Å². The van der Waals surface area contributed by atoms with Crippen LogP contribution < -0.4 is 10.6 Å². The van der Waals surface area contributed by atoms with Crippen LogP contribution in [0, 0.1) is 0 Å². The molecule has 7 heteroatoms. The number of pyridine rings is 1. The zero-order valence-corrected chi connectivity index (χ0v) is 19.0. The van der Waals surface area contributed by atoms with Gasteiger partial charge in [0.1, 0.15) is 5.82 Å². The molecule has 2 aliphatic rings. The van der Waals surface area contributed by atoms with Gasteiger partial charge in [0, 0.05) is 30.9 Å². The number of nitrogens with one attached hydrogen (secondary N) is 2. The lowest BCUT2D eigenvalue weighted by Crippen LogP contribution is -2.50. The molecular weight excluding hydrogens is 418 g/mol. The van der Waals surface area contributed by atoms with Gasteiger partial charge >= 0.3 is 0 Å². The fourth-order valence-corrected chi connectivity index (χ4v) is 5.43. The largest absolute Gasteiger partial charge is 0.341 e. The fraction of sp³-hybridized carbons (Fsp3) is 0.400. The van der Waals surface area contributed by atoms with Gasteiger partial charge in [-0.05, 0) is 49.9 Å². The summed E-state index contributed by atoms with van der Waals surface area (Å²) in [6, 6.07) is 16.5. The van der Waals surface area contributed by atoms with Crippen LogP contribution in [0.3, 0.4) is 0 Å². The van der Waals surface area contributed by atoms with Crippen LogP contribution in [0.2, 0.25) is 0 Å². The predicted molar refractivity (Wildman–Crippen MR) is 129 cm³/mol. The second-order valence-corrected chi connectivity index (χ2v) is 9.60. The summed E-state index contributed by atoms with van der Waals surface area (Å²) < 4.78 is 0. The first-order valence-corrected chi connectivity index (χ1v) is 12.4. The number of thiazole rings is 1. The molecule has 6 nitrogen and oxygen atoms in total. The van der Waals surface area contributed by atoms with Crippen LogP contribution in [0.5, 0.6) is 0 Å². The topological polar surface area (TPSA) is 70.2 Å². The minimum atomic E-state index is 0.0185. The van der Waals surface area contributed by atoms with Crippen LogP contribution in [0.15, 0.2) is 54.7 Å². The van der Waals surface area contributed by atoms with E-state index in [2.05, 4.69) is 39.9 Å². The number of likely N-dealkylation sites (tertiary alicyclic amines) is 1. The molecule has 1 amide bonds. The summed E-state index contributed by atoms with van der Waals surface area (Å²) in [5, 5.41) is 7.59. The Bertz CT molecular complexity index is 1040. The second kappa shape index (κ2) is 9.79. The van der Waals surface area contributed by atoms with Gasteiger partial charge in [-0.2, -0.15) is 0 Å². The molecule has 2 aromatic heterocycles. The van der Waals surface area contributed by atoms with Crippen molar-refractivity contribution in [3.05, 3.63) is 60.4 Å². The zero-order valence-electron chi connectivity index (χ0n) is 18.2. The van der Waals surface area contributed by atoms with Crippen molar-refractivity contribution in [3.8, 4) is 10.4 Å². The van der Waals surface area contributed by atoms with Crippen molar-refractivity contribution in [2.45, 2.75) is 44.1 Å². The molecule has 2 fully saturated rings. The Morgan fingerprint density at radius 3 is 2.66 bits per heavy atom. The van der Waals surface area contributed by atoms with Gasteiger partial charge in [-0.1, -0.05) is 54.2 Å². The number of hydrogen-bond acceptors (Lipinski definition) is 6. The molecule has 0 saturated carbocycles. The van der Waals surface area contributed by atoms with Crippen molar-refractivity contribution in [2.24, 2.45) is 0 Å². The first kappa shape index (κ1) is 21.1. The quantitative estimate of drug-likeness (QED) is 0.588. The monoisotopic (exact) mass is 447 g/mol. The van der Waals surface area contributed by atoms with E-state index in [0.29, 0.717) is 5.92 Å². The standard InChI is InChI=1S/C25H29N5OS/c31-24(21-9-4-5-14-26-21)30-15-12-18(13-16-30)20-10-6-11-23(28-20)29-25-27-17-22(32-25)19-7-2-1-3-8-19/h1-3,6-8,10-11,17-18,21,26H,4-5,9,12-16H2,(H,27,28,29)/t21-/m0/s1. The number of nitrogens with zero attached hydrogens (tertiary/aromatic N) is 3. The maximum atomic E-state index is 12.8. The van der Waals surface area contributed by atoms with Crippen LogP contribution >= 0.6 is 11.3 Å². The van der Waals surface area contributed by atoms with E-state index in [9.17, 15) is 4.79 Å². The zero-order chi connectivity index (χ0) is 21.8. The van der Waals surface area contributed by atoms with Gasteiger partial charge in [-0.15, -0.1) is 0 Å². The first-order chi connectivity index (χ1) is 15.8. The minimum absolute atomic E-state index is 0.0185. The van der Waals surface area contributed by atoms with E-state index >= 15 is 0 Å². The highest BCUT2D eigenvalue weighted by atomic mass is 32.1. The molecule has 2 aliphatic heterocycles. The van der Waals surface area contributed by atoms with Gasteiger partial charge in [-0.25, -0.2) is 9.97 Å². The average molecular weight is 448 g/mol. The lowest BCUT2D eigenvalue weighted by Gasteiger charge is -2.35. The van der Waals surface area contributed by atoms with Crippen LogP contribution in [-0.4, -0.2) is 46.5 Å². The van der Waals surface area contributed by atoms with Gasteiger partial charge in [0.05, 0.1) is 10.9 Å². The molecule has 2 N–H and O–H groups in total. The Morgan fingerprint density at radius 2 is 1.88 bits per heavy atom. The smallest absolute Gasteiger partial charge is 0.239 e. The van der Waals surface area contributed by atoms with Gasteiger partial charge in [0.2, 0.25) is 5.91 Å². The molecular formula is C25H29N5OS. The molecule has 166 valence electrons. The van der Waals surface area contributed by atoms with E-state index in [1.54, 1.807) is 11.3 Å². The molecule has 3 aromatic rings. The molecule has 32 heavy (non-hydrogen) atoms. The Balaban J connectivity index is 1.20. The first-order valence-electron chi connectivity index (χ1n) is 11.5. The highest BCUT2D eigenvalue weighted by Gasteiger charge is 2.29. The summed E-state index contributed by atoms with van der Waals surface area (Å²) in [4.78, 5) is 25.4. The van der Waals surface area contributed by atoms with Gasteiger partial charge in [-0.3, -0.25) is 4.79 Å². The summed E-state index contributed by atoms with van der Waals surface area (Å²) in [5.74, 6) is 1.49. The minimum Gasteiger partial charge on any atom is -0.341 e. The van der Waals surface area contributed by atoms with Crippen molar-refractivity contribution in [1.82, 2.24) is 20.2 Å². The van der Waals surface area contributed by atoms with E-state index in [1.165, 1.54) is 12.0 Å². The Kier molecular flexibility index (Phi) is 6.46. The van der Waals surface area contributed by atoms with E-state index in [-0.39, 0.29) is 11.9 Å². The number of rotatable bonds is 5. The molecule has 1 aromatic carbocycles. The molecule has 0 radical (unpaired) electrons. The number of carbonyl (C=O) groups excluding carboxylic acids is 1. The third kappa shape index (κ3) is 4.84. The summed E-state index contributed by atoms with van der Waals surface area (Å²) >= 11 is 1.63. The maximum absolute atomic E-state index is 12.8. The molecule has 5 rings (SSSR count). The third-order valence-corrected chi connectivity index (χ3v) is 7.36. The number of piperidine rings is 2. The predicted octanol–water partition coefficient (Wildman–Crippen LogP) is 4.80. The molecule has 0 unspecified atom stereocenters. The Labute approximate surface area is 193 Å². The summed E-state index contributed by atoms with van der Waals surface area (Å²) in [5.41, 5.74) is 2.27. The van der Waals surface area contributed by atoms with E-state index in [0.717, 1.165) is 66.8 Å². The van der Waals surface area contributed by atoms with E-state index in [1.807, 2.05) is 35.4 Å². The van der Waals surface area contributed by atoms with Crippen molar-refractivity contribution >= 4 is 28.2 Å². The molecule has 0 spiro atoms. The van der Waals surface area contributed by atoms with Crippen molar-refractivity contribution in [2.75, 3.05) is 25.0 Å². The summed E-state index contributed by atoms with van der Waals surface area (Å²) in [7, 11) is 0. The fourth-order valence-electron chi connectivity index (χ4n) is 4.60. The van der Waals surface area contributed by atoms with Crippen molar-refractivity contribution in [1.29, 1.82) is 0 Å². The van der Waals surface area contributed by atoms with Gasteiger partial charge in [0.15, 0.2) is 5.13 Å². The second-order valence-electron chi connectivity index (χ2n) is 8.57. The van der Waals surface area contributed by atoms with Crippen molar-refractivity contribution in [3.63, 3.8) is 0 Å². The van der Waals surface area contributed by atoms with E-state index < -0.39 is 0 Å². The lowest BCUT2D eigenvalue weighted by molar-refractivity contribution is -0.135. The highest BCUT2D eigenvalue weighted by molar-refractivity contribution is 7.18. The van der Waals surface area contributed by atoms with Gasteiger partial charge < -0.3 is 15.5 Å². The number of carbonyl (C=O) groups is 1. The van der Waals surface area contributed by atoms with Gasteiger partial charge in [0.25, 0.3) is 0 Å². The van der Waals surface area contributed by atoms with Crippen LogP contribution in [0.4, 0.5) is 10.9 Å². The van der Waals surface area contributed by atoms with Crippen molar-refractivity contribution < 1.29 is 4.79 Å². The number of anilines is 2. The molecule has 2 saturated heterocycles. The number of benzene rings is 1. The SMILES string of the molecule is O=C([C@@H]1CCCCN1)N1CCC(c2cccc(Nc3ncc(-c4ccccc4)s3)n2)CC1. The lowest BCUT2D eigenvalue weighted by atomic mass is 9.92. The Hall–Kier alpha value is -2.77. The molecule has 0 aliphatic carbocycles. The maximum Gasteiger partial charge on any atom is 0.239 e. The Morgan fingerprint density at radius 1 is 1.03 bits per heavy atom.